The van der Waals surface area contributed by atoms with Crippen molar-refractivity contribution in [2.75, 3.05) is 20.6 Å². The van der Waals surface area contributed by atoms with Gasteiger partial charge in [0.05, 0.1) is 12.2 Å². The summed E-state index contributed by atoms with van der Waals surface area (Å²) in [5.74, 6) is 1.12. The lowest BCUT2D eigenvalue weighted by molar-refractivity contribution is -0.120. The van der Waals surface area contributed by atoms with Crippen molar-refractivity contribution in [3.63, 3.8) is 0 Å². The molecule has 1 aliphatic rings. The average Bonchev–Trinajstić information content (AvgIpc) is 2.97. The van der Waals surface area contributed by atoms with Crippen LogP contribution in [0.5, 0.6) is 0 Å². The quantitative estimate of drug-likeness (QED) is 0.600. The van der Waals surface area contributed by atoms with E-state index in [1.807, 2.05) is 23.7 Å². The van der Waals surface area contributed by atoms with Gasteiger partial charge in [-0.25, -0.2) is 0 Å². The molecule has 26 heavy (non-hydrogen) atoms. The fraction of sp³-hybridized carbons (Fsp3) is 0.737. The van der Waals surface area contributed by atoms with Gasteiger partial charge in [0.25, 0.3) is 0 Å². The zero-order chi connectivity index (χ0) is 19.1. The van der Waals surface area contributed by atoms with Gasteiger partial charge in [0, 0.05) is 45.5 Å². The molecule has 1 aromatic heterocycles. The zero-order valence-corrected chi connectivity index (χ0v) is 16.9. The topological polar surface area (TPSA) is 74.6 Å². The van der Waals surface area contributed by atoms with E-state index in [9.17, 15) is 4.79 Å². The highest BCUT2D eigenvalue weighted by molar-refractivity contribution is 5.86. The number of aliphatic imine (C=N–C) groups is 1. The third-order valence-corrected chi connectivity index (χ3v) is 4.84. The summed E-state index contributed by atoms with van der Waals surface area (Å²) in [6, 6.07) is 0.335. The fourth-order valence-electron chi connectivity index (χ4n) is 3.56. The standard InChI is InChI=1S/C19H34N6O/c1-14(2)18-15(13-25(5)23-18)12-24(4)19(20-3)21-11-17(26)22-16-9-7-6-8-10-16/h13-14,16H,6-12H2,1-5H3,(H,20,21)(H,22,26). The van der Waals surface area contributed by atoms with Crippen molar-refractivity contribution in [1.82, 2.24) is 25.3 Å². The SMILES string of the molecule is CN=C(NCC(=O)NC1CCCCC1)N(C)Cc1cn(C)nc1C(C)C. The predicted octanol–water partition coefficient (Wildman–Crippen LogP) is 2.00. The first-order valence-corrected chi connectivity index (χ1v) is 9.64. The Bertz CT molecular complexity index is 616. The molecule has 1 aliphatic carbocycles. The molecule has 0 aliphatic heterocycles. The highest BCUT2D eigenvalue weighted by atomic mass is 16.2. The molecule has 1 amide bonds. The molecule has 1 aromatic rings. The van der Waals surface area contributed by atoms with Crippen molar-refractivity contribution in [3.8, 4) is 0 Å². The minimum absolute atomic E-state index is 0.0377. The molecular formula is C19H34N6O. The molecule has 7 nitrogen and oxygen atoms in total. The first kappa shape index (κ1) is 20.3. The second-order valence-electron chi connectivity index (χ2n) is 7.53. The van der Waals surface area contributed by atoms with Gasteiger partial charge in [0.2, 0.25) is 5.91 Å². The maximum Gasteiger partial charge on any atom is 0.239 e. The summed E-state index contributed by atoms with van der Waals surface area (Å²) in [6.45, 7) is 5.24. The van der Waals surface area contributed by atoms with E-state index in [1.165, 1.54) is 24.8 Å². The molecule has 0 aromatic carbocycles. The number of nitrogens with one attached hydrogen (secondary N) is 2. The number of aromatic nitrogens is 2. The van der Waals surface area contributed by atoms with Crippen molar-refractivity contribution in [1.29, 1.82) is 0 Å². The molecule has 2 N–H and O–H groups in total. The molecule has 1 heterocycles. The monoisotopic (exact) mass is 362 g/mol. The maximum absolute atomic E-state index is 12.2. The minimum Gasteiger partial charge on any atom is -0.352 e. The summed E-state index contributed by atoms with van der Waals surface area (Å²) in [6.07, 6.45) is 7.96. The second kappa shape index (κ2) is 9.59. The van der Waals surface area contributed by atoms with Gasteiger partial charge in [-0.3, -0.25) is 14.5 Å². The number of aryl methyl sites for hydroxylation is 1. The fourth-order valence-corrected chi connectivity index (χ4v) is 3.56. The van der Waals surface area contributed by atoms with E-state index in [2.05, 4.69) is 40.8 Å². The lowest BCUT2D eigenvalue weighted by Crippen LogP contribution is -2.46. The lowest BCUT2D eigenvalue weighted by atomic mass is 9.95. The average molecular weight is 363 g/mol. The Morgan fingerprint density at radius 2 is 2.08 bits per heavy atom. The van der Waals surface area contributed by atoms with Crippen molar-refractivity contribution < 1.29 is 4.79 Å². The number of nitrogens with zero attached hydrogens (tertiary/aromatic N) is 4. The van der Waals surface area contributed by atoms with Crippen LogP contribution >= 0.6 is 0 Å². The molecule has 0 bridgehead atoms. The molecule has 0 radical (unpaired) electrons. The van der Waals surface area contributed by atoms with Crippen LogP contribution in [-0.2, 0) is 18.4 Å². The first-order valence-electron chi connectivity index (χ1n) is 9.64. The molecule has 0 atom stereocenters. The van der Waals surface area contributed by atoms with Crippen LogP contribution in [0.15, 0.2) is 11.2 Å². The van der Waals surface area contributed by atoms with Crippen LogP contribution < -0.4 is 10.6 Å². The lowest BCUT2D eigenvalue weighted by Gasteiger charge is -2.24. The van der Waals surface area contributed by atoms with Gasteiger partial charge in [-0.2, -0.15) is 5.10 Å². The molecule has 0 unspecified atom stereocenters. The summed E-state index contributed by atoms with van der Waals surface area (Å²) < 4.78 is 1.85. The summed E-state index contributed by atoms with van der Waals surface area (Å²) in [7, 11) is 5.66. The van der Waals surface area contributed by atoms with Crippen molar-refractivity contribution in [2.24, 2.45) is 12.0 Å². The van der Waals surface area contributed by atoms with Crippen LogP contribution in [0.3, 0.4) is 0 Å². The van der Waals surface area contributed by atoms with Gasteiger partial charge in [-0.1, -0.05) is 33.1 Å². The number of carbonyl (C=O) groups excluding carboxylic acids is 1. The molecule has 0 spiro atoms. The molecule has 2 rings (SSSR count). The predicted molar refractivity (Wildman–Crippen MR) is 105 cm³/mol. The van der Waals surface area contributed by atoms with E-state index < -0.39 is 0 Å². The number of carbonyl (C=O) groups is 1. The second-order valence-corrected chi connectivity index (χ2v) is 7.53. The van der Waals surface area contributed by atoms with E-state index in [1.54, 1.807) is 7.05 Å². The molecule has 1 saturated carbocycles. The number of hydrogen-bond donors (Lipinski definition) is 2. The Balaban J connectivity index is 1.86. The van der Waals surface area contributed by atoms with Gasteiger partial charge in [0.1, 0.15) is 0 Å². The van der Waals surface area contributed by atoms with Gasteiger partial charge in [-0.15, -0.1) is 0 Å². The van der Waals surface area contributed by atoms with E-state index in [0.717, 1.165) is 18.5 Å². The van der Waals surface area contributed by atoms with Crippen LogP contribution in [0.1, 0.15) is 63.1 Å². The van der Waals surface area contributed by atoms with Crippen molar-refractivity contribution in [3.05, 3.63) is 17.5 Å². The summed E-state index contributed by atoms with van der Waals surface area (Å²) in [4.78, 5) is 18.5. The Morgan fingerprint density at radius 1 is 1.38 bits per heavy atom. The Labute approximate surface area is 157 Å². The van der Waals surface area contributed by atoms with Gasteiger partial charge in [0.15, 0.2) is 5.96 Å². The van der Waals surface area contributed by atoms with E-state index in [4.69, 9.17) is 0 Å². The zero-order valence-electron chi connectivity index (χ0n) is 16.9. The number of hydrogen-bond acceptors (Lipinski definition) is 3. The van der Waals surface area contributed by atoms with Crippen LogP contribution in [0, 0.1) is 0 Å². The molecule has 1 fully saturated rings. The number of guanidine groups is 1. The summed E-state index contributed by atoms with van der Waals surface area (Å²) in [5.41, 5.74) is 2.28. The summed E-state index contributed by atoms with van der Waals surface area (Å²) >= 11 is 0. The highest BCUT2D eigenvalue weighted by Crippen LogP contribution is 2.19. The number of amides is 1. The third-order valence-electron chi connectivity index (χ3n) is 4.84. The van der Waals surface area contributed by atoms with E-state index in [0.29, 0.717) is 24.5 Å². The Morgan fingerprint density at radius 3 is 2.69 bits per heavy atom. The molecule has 0 saturated heterocycles. The molecular weight excluding hydrogens is 328 g/mol. The molecule has 146 valence electrons. The van der Waals surface area contributed by atoms with Crippen molar-refractivity contribution in [2.45, 2.75) is 64.5 Å². The normalized spacial score (nSPS) is 16.0. The van der Waals surface area contributed by atoms with Crippen LogP contribution in [0.25, 0.3) is 0 Å². The largest absolute Gasteiger partial charge is 0.352 e. The van der Waals surface area contributed by atoms with Crippen LogP contribution in [0.4, 0.5) is 0 Å². The van der Waals surface area contributed by atoms with Crippen LogP contribution in [0.2, 0.25) is 0 Å². The Hall–Kier alpha value is -2.05. The van der Waals surface area contributed by atoms with Gasteiger partial charge < -0.3 is 15.5 Å². The number of rotatable bonds is 6. The van der Waals surface area contributed by atoms with Crippen LogP contribution in [-0.4, -0.2) is 53.2 Å². The highest BCUT2D eigenvalue weighted by Gasteiger charge is 2.17. The third kappa shape index (κ3) is 5.75. The first-order chi connectivity index (χ1) is 12.4. The van der Waals surface area contributed by atoms with Crippen molar-refractivity contribution >= 4 is 11.9 Å². The van der Waals surface area contributed by atoms with E-state index in [-0.39, 0.29) is 12.5 Å². The van der Waals surface area contributed by atoms with E-state index >= 15 is 0 Å². The minimum atomic E-state index is 0.0377. The summed E-state index contributed by atoms with van der Waals surface area (Å²) in [5, 5.41) is 10.9. The maximum atomic E-state index is 12.2. The smallest absolute Gasteiger partial charge is 0.239 e. The van der Waals surface area contributed by atoms with Gasteiger partial charge in [-0.05, 0) is 18.8 Å². The van der Waals surface area contributed by atoms with Gasteiger partial charge >= 0.3 is 0 Å². The molecule has 7 heteroatoms. The Kier molecular flexibility index (Phi) is 7.48.